The van der Waals surface area contributed by atoms with Crippen molar-refractivity contribution in [2.45, 2.75) is 13.8 Å². The molecule has 5 nitrogen and oxygen atoms in total. The molecule has 2 amide bonds. The van der Waals surface area contributed by atoms with Crippen molar-refractivity contribution in [2.75, 3.05) is 18.4 Å². The van der Waals surface area contributed by atoms with Crippen molar-refractivity contribution in [3.63, 3.8) is 0 Å². The molecule has 0 saturated carbocycles. The second kappa shape index (κ2) is 8.08. The Kier molecular flexibility index (Phi) is 6.11. The monoisotopic (exact) mass is 363 g/mol. The van der Waals surface area contributed by atoms with Crippen LogP contribution >= 0.6 is 22.9 Å². The van der Waals surface area contributed by atoms with Gasteiger partial charge in [0.2, 0.25) is 5.91 Å². The van der Waals surface area contributed by atoms with Gasteiger partial charge < -0.3 is 10.2 Å². The Balaban J connectivity index is 2.06. The predicted octanol–water partition coefficient (Wildman–Crippen LogP) is 3.68. The molecule has 7 heteroatoms. The summed E-state index contributed by atoms with van der Waals surface area (Å²) in [6.45, 7) is 7.66. The van der Waals surface area contributed by atoms with Crippen LogP contribution in [0.1, 0.15) is 20.9 Å². The van der Waals surface area contributed by atoms with E-state index in [1.165, 1.54) is 16.2 Å². The molecule has 1 heterocycles. The van der Waals surface area contributed by atoms with Crippen molar-refractivity contribution in [1.29, 1.82) is 0 Å². The van der Waals surface area contributed by atoms with Crippen LogP contribution in [0, 0.1) is 13.8 Å². The number of benzene rings is 1. The molecule has 0 saturated heterocycles. The largest absolute Gasteiger partial charge is 0.326 e. The van der Waals surface area contributed by atoms with Crippen molar-refractivity contribution in [3.8, 4) is 0 Å². The first-order chi connectivity index (χ1) is 11.4. The van der Waals surface area contributed by atoms with Gasteiger partial charge >= 0.3 is 0 Å². The summed E-state index contributed by atoms with van der Waals surface area (Å²) in [6.07, 6.45) is 1.58. The molecule has 0 radical (unpaired) electrons. The molecule has 24 heavy (non-hydrogen) atoms. The van der Waals surface area contributed by atoms with E-state index in [1.807, 2.05) is 13.8 Å². The smallest absolute Gasteiger partial charge is 0.254 e. The van der Waals surface area contributed by atoms with E-state index in [1.54, 1.807) is 30.3 Å². The van der Waals surface area contributed by atoms with Crippen molar-refractivity contribution in [1.82, 2.24) is 9.88 Å². The first-order valence-corrected chi connectivity index (χ1v) is 8.49. The second-order valence-corrected chi connectivity index (χ2v) is 6.83. The van der Waals surface area contributed by atoms with Gasteiger partial charge in [-0.15, -0.1) is 17.9 Å². The average Bonchev–Trinajstić information content (AvgIpc) is 2.84. The minimum atomic E-state index is -0.298. The molecule has 1 aromatic heterocycles. The molecule has 1 aromatic carbocycles. The molecular formula is C17H18ClN3O2S. The number of thiazole rings is 1. The minimum absolute atomic E-state index is 0.0782. The van der Waals surface area contributed by atoms with Crippen LogP contribution in [0.25, 0.3) is 0 Å². The molecule has 0 spiro atoms. The summed E-state index contributed by atoms with van der Waals surface area (Å²) in [4.78, 5) is 31.5. The van der Waals surface area contributed by atoms with Crippen LogP contribution in [0.2, 0.25) is 5.02 Å². The summed E-state index contributed by atoms with van der Waals surface area (Å²) in [6, 6.07) is 6.54. The third-order valence-electron chi connectivity index (χ3n) is 3.34. The number of amides is 2. The van der Waals surface area contributed by atoms with Crippen LogP contribution in [0.4, 0.5) is 5.13 Å². The first kappa shape index (κ1) is 18.2. The van der Waals surface area contributed by atoms with E-state index in [4.69, 9.17) is 11.6 Å². The van der Waals surface area contributed by atoms with Gasteiger partial charge in [-0.05, 0) is 38.1 Å². The summed E-state index contributed by atoms with van der Waals surface area (Å²) >= 11 is 7.24. The maximum Gasteiger partial charge on any atom is 0.254 e. The Bertz CT molecular complexity index is 736. The van der Waals surface area contributed by atoms with E-state index in [0.717, 1.165) is 10.6 Å². The Morgan fingerprint density at radius 3 is 2.54 bits per heavy atom. The summed E-state index contributed by atoms with van der Waals surface area (Å²) in [5.74, 6) is -0.555. The van der Waals surface area contributed by atoms with Crippen LogP contribution in [-0.4, -0.2) is 34.8 Å². The minimum Gasteiger partial charge on any atom is -0.326 e. The van der Waals surface area contributed by atoms with E-state index in [-0.39, 0.29) is 24.9 Å². The van der Waals surface area contributed by atoms with Crippen molar-refractivity contribution in [3.05, 3.63) is 58.1 Å². The lowest BCUT2D eigenvalue weighted by Crippen LogP contribution is -2.38. The predicted molar refractivity (Wildman–Crippen MR) is 97.8 cm³/mol. The lowest BCUT2D eigenvalue weighted by molar-refractivity contribution is -0.116. The molecule has 0 aliphatic heterocycles. The fraction of sp³-hybridized carbons (Fsp3) is 0.235. The van der Waals surface area contributed by atoms with E-state index in [9.17, 15) is 9.59 Å². The highest BCUT2D eigenvalue weighted by atomic mass is 35.5. The van der Waals surface area contributed by atoms with Crippen molar-refractivity contribution in [2.24, 2.45) is 0 Å². The highest BCUT2D eigenvalue weighted by Gasteiger charge is 2.18. The standard InChI is InChI=1S/C17H18ClN3O2S/c1-4-9-21(16(23)13-5-7-14(18)8-6-13)10-15(22)20-17-19-11(2)12(3)24-17/h4-8H,1,9-10H2,2-3H3,(H,19,20,22). The van der Waals surface area contributed by atoms with Crippen molar-refractivity contribution < 1.29 is 9.59 Å². The van der Waals surface area contributed by atoms with Gasteiger partial charge in [-0.3, -0.25) is 9.59 Å². The van der Waals surface area contributed by atoms with Crippen LogP contribution < -0.4 is 5.32 Å². The quantitative estimate of drug-likeness (QED) is 0.796. The summed E-state index contributed by atoms with van der Waals surface area (Å²) < 4.78 is 0. The lowest BCUT2D eigenvalue weighted by Gasteiger charge is -2.20. The third-order valence-corrected chi connectivity index (χ3v) is 4.58. The highest BCUT2D eigenvalue weighted by molar-refractivity contribution is 7.15. The number of hydrogen-bond donors (Lipinski definition) is 1. The Labute approximate surface area is 150 Å². The first-order valence-electron chi connectivity index (χ1n) is 7.30. The van der Waals surface area contributed by atoms with Gasteiger partial charge in [0.1, 0.15) is 6.54 Å². The number of carbonyl (C=O) groups excluding carboxylic acids is 2. The zero-order valence-electron chi connectivity index (χ0n) is 13.5. The van der Waals surface area contributed by atoms with Gasteiger partial charge in [-0.1, -0.05) is 17.7 Å². The number of nitrogens with one attached hydrogen (secondary N) is 1. The third kappa shape index (κ3) is 4.66. The molecule has 2 rings (SSSR count). The van der Waals surface area contributed by atoms with Gasteiger partial charge in [0.05, 0.1) is 5.69 Å². The van der Waals surface area contributed by atoms with Crippen molar-refractivity contribution >= 4 is 39.9 Å². The van der Waals surface area contributed by atoms with Crippen LogP contribution in [0.3, 0.4) is 0 Å². The van der Waals surface area contributed by atoms with Gasteiger partial charge in [0.15, 0.2) is 5.13 Å². The maximum atomic E-state index is 12.5. The molecule has 0 unspecified atom stereocenters. The number of hydrogen-bond acceptors (Lipinski definition) is 4. The number of nitrogens with zero attached hydrogens (tertiary/aromatic N) is 2. The van der Waals surface area contributed by atoms with Gasteiger partial charge in [-0.25, -0.2) is 4.98 Å². The van der Waals surface area contributed by atoms with E-state index in [0.29, 0.717) is 15.7 Å². The fourth-order valence-corrected chi connectivity index (χ4v) is 2.97. The zero-order chi connectivity index (χ0) is 17.7. The molecule has 0 aliphatic rings. The number of rotatable bonds is 6. The maximum absolute atomic E-state index is 12.5. The van der Waals surface area contributed by atoms with Crippen LogP contribution in [0.15, 0.2) is 36.9 Å². The number of aromatic nitrogens is 1. The second-order valence-electron chi connectivity index (χ2n) is 5.19. The molecule has 0 atom stereocenters. The molecule has 126 valence electrons. The van der Waals surface area contributed by atoms with Gasteiger partial charge in [-0.2, -0.15) is 0 Å². The highest BCUT2D eigenvalue weighted by Crippen LogP contribution is 2.21. The molecule has 2 aromatic rings. The van der Waals surface area contributed by atoms with E-state index in [2.05, 4.69) is 16.9 Å². The number of aryl methyl sites for hydroxylation is 2. The van der Waals surface area contributed by atoms with Crippen LogP contribution in [0.5, 0.6) is 0 Å². The molecule has 0 aliphatic carbocycles. The SMILES string of the molecule is C=CCN(CC(=O)Nc1nc(C)c(C)s1)C(=O)c1ccc(Cl)cc1. The Morgan fingerprint density at radius 2 is 2.00 bits per heavy atom. The normalized spacial score (nSPS) is 10.3. The average molecular weight is 364 g/mol. The molecular weight excluding hydrogens is 346 g/mol. The number of anilines is 1. The van der Waals surface area contributed by atoms with Gasteiger partial charge in [0.25, 0.3) is 5.91 Å². The Morgan fingerprint density at radius 1 is 1.33 bits per heavy atom. The Hall–Kier alpha value is -2.18. The summed E-state index contributed by atoms with van der Waals surface area (Å²) in [7, 11) is 0. The summed E-state index contributed by atoms with van der Waals surface area (Å²) in [5.41, 5.74) is 1.35. The fourth-order valence-electron chi connectivity index (χ4n) is 2.01. The topological polar surface area (TPSA) is 62.3 Å². The number of carbonyl (C=O) groups is 2. The summed E-state index contributed by atoms with van der Waals surface area (Å²) in [5, 5.41) is 3.81. The number of halogens is 1. The van der Waals surface area contributed by atoms with Crippen LogP contribution in [-0.2, 0) is 4.79 Å². The van der Waals surface area contributed by atoms with E-state index >= 15 is 0 Å². The zero-order valence-corrected chi connectivity index (χ0v) is 15.1. The van der Waals surface area contributed by atoms with Gasteiger partial charge in [0, 0.05) is 22.0 Å². The van der Waals surface area contributed by atoms with E-state index < -0.39 is 0 Å². The molecule has 0 bridgehead atoms. The lowest BCUT2D eigenvalue weighted by atomic mass is 10.2. The molecule has 0 fully saturated rings. The molecule has 1 N–H and O–H groups in total.